The molecule has 0 saturated heterocycles. The van der Waals surface area contributed by atoms with Gasteiger partial charge in [-0.05, 0) is 43.0 Å². The minimum atomic E-state index is -1.03. The van der Waals surface area contributed by atoms with Gasteiger partial charge < -0.3 is 5.73 Å². The van der Waals surface area contributed by atoms with E-state index in [1.54, 1.807) is 0 Å². The average molecular weight is 181 g/mol. The normalized spacial score (nSPS) is 13.0. The van der Waals surface area contributed by atoms with E-state index in [1.165, 1.54) is 5.56 Å². The molecule has 0 amide bonds. The molecule has 0 aliphatic carbocycles. The maximum atomic E-state index is 13.3. The second-order valence-electron chi connectivity index (χ2n) is 3.50. The minimum absolute atomic E-state index is 0.0589. The summed E-state index contributed by atoms with van der Waals surface area (Å²) in [5.74, 6) is 0. The van der Waals surface area contributed by atoms with Crippen LogP contribution in [-0.2, 0) is 0 Å². The van der Waals surface area contributed by atoms with E-state index in [9.17, 15) is 4.39 Å². The van der Waals surface area contributed by atoms with Gasteiger partial charge in [0.2, 0.25) is 0 Å². The molecule has 1 nitrogen and oxygen atoms in total. The Morgan fingerprint density at radius 1 is 1.15 bits per heavy atom. The monoisotopic (exact) mass is 181 g/mol. The average Bonchev–Trinajstić information content (AvgIpc) is 2.10. The lowest BCUT2D eigenvalue weighted by Crippen LogP contribution is -2.09. The van der Waals surface area contributed by atoms with E-state index >= 15 is 0 Å². The molecule has 1 aromatic carbocycles. The molecule has 0 heterocycles. The van der Waals surface area contributed by atoms with Crippen LogP contribution in [0.5, 0.6) is 0 Å². The van der Waals surface area contributed by atoms with Gasteiger partial charge in [0.15, 0.2) is 0 Å². The SMILES string of the molecule is Cc1cc(C)c(C(F)CN)cc1C. The first-order valence-corrected chi connectivity index (χ1v) is 4.48. The van der Waals surface area contributed by atoms with Gasteiger partial charge in [0.1, 0.15) is 6.17 Å². The molecule has 0 saturated carbocycles. The first-order valence-electron chi connectivity index (χ1n) is 4.48. The van der Waals surface area contributed by atoms with Gasteiger partial charge in [0, 0.05) is 6.54 Å². The smallest absolute Gasteiger partial charge is 0.138 e. The zero-order valence-corrected chi connectivity index (χ0v) is 8.39. The van der Waals surface area contributed by atoms with E-state index in [0.717, 1.165) is 16.7 Å². The molecule has 1 atom stereocenters. The molecular weight excluding hydrogens is 165 g/mol. The molecule has 1 aromatic rings. The largest absolute Gasteiger partial charge is 0.327 e. The van der Waals surface area contributed by atoms with Crippen molar-refractivity contribution >= 4 is 0 Å². The van der Waals surface area contributed by atoms with E-state index in [1.807, 2.05) is 32.9 Å². The lowest BCUT2D eigenvalue weighted by atomic mass is 9.98. The van der Waals surface area contributed by atoms with E-state index < -0.39 is 6.17 Å². The summed E-state index contributed by atoms with van der Waals surface area (Å²) in [4.78, 5) is 0. The van der Waals surface area contributed by atoms with Gasteiger partial charge in [-0.25, -0.2) is 4.39 Å². The highest BCUT2D eigenvalue weighted by atomic mass is 19.1. The molecule has 0 aliphatic rings. The standard InChI is InChI=1S/C11H16FN/c1-7-4-9(3)10(5-8(7)2)11(12)6-13/h4-5,11H,6,13H2,1-3H3. The summed E-state index contributed by atoms with van der Waals surface area (Å²) < 4.78 is 13.3. The summed E-state index contributed by atoms with van der Waals surface area (Å²) in [5.41, 5.74) is 9.32. The van der Waals surface area contributed by atoms with Crippen LogP contribution in [0, 0.1) is 20.8 Å². The second-order valence-corrected chi connectivity index (χ2v) is 3.50. The van der Waals surface area contributed by atoms with Crippen molar-refractivity contribution in [3.63, 3.8) is 0 Å². The number of rotatable bonds is 2. The summed E-state index contributed by atoms with van der Waals surface area (Å²) in [5, 5.41) is 0. The third kappa shape index (κ3) is 2.07. The van der Waals surface area contributed by atoms with Crippen LogP contribution in [0.25, 0.3) is 0 Å². The van der Waals surface area contributed by atoms with Crippen LogP contribution in [0.2, 0.25) is 0 Å². The Hall–Kier alpha value is -0.890. The van der Waals surface area contributed by atoms with E-state index in [-0.39, 0.29) is 6.54 Å². The van der Waals surface area contributed by atoms with Crippen LogP contribution in [0.3, 0.4) is 0 Å². The van der Waals surface area contributed by atoms with Crippen LogP contribution in [0.4, 0.5) is 4.39 Å². The minimum Gasteiger partial charge on any atom is -0.327 e. The van der Waals surface area contributed by atoms with Crippen molar-refractivity contribution in [3.05, 3.63) is 34.4 Å². The van der Waals surface area contributed by atoms with Crippen molar-refractivity contribution < 1.29 is 4.39 Å². The van der Waals surface area contributed by atoms with Gasteiger partial charge >= 0.3 is 0 Å². The Morgan fingerprint density at radius 2 is 1.69 bits per heavy atom. The number of aryl methyl sites for hydroxylation is 3. The molecule has 1 unspecified atom stereocenters. The molecule has 2 N–H and O–H groups in total. The molecule has 0 bridgehead atoms. The van der Waals surface area contributed by atoms with Crippen molar-refractivity contribution in [2.45, 2.75) is 26.9 Å². The number of benzene rings is 1. The van der Waals surface area contributed by atoms with E-state index in [4.69, 9.17) is 5.73 Å². The lowest BCUT2D eigenvalue weighted by molar-refractivity contribution is 0.351. The van der Waals surface area contributed by atoms with Gasteiger partial charge in [0.05, 0.1) is 0 Å². The first kappa shape index (κ1) is 10.2. The third-order valence-electron chi connectivity index (χ3n) is 2.43. The summed E-state index contributed by atoms with van der Waals surface area (Å²) in [6.45, 7) is 6.00. The molecule has 0 aliphatic heterocycles. The third-order valence-corrected chi connectivity index (χ3v) is 2.43. The molecule has 2 heteroatoms. The zero-order valence-electron chi connectivity index (χ0n) is 8.39. The van der Waals surface area contributed by atoms with Crippen LogP contribution in [0.1, 0.15) is 28.4 Å². The number of hydrogen-bond acceptors (Lipinski definition) is 1. The molecule has 0 spiro atoms. The quantitative estimate of drug-likeness (QED) is 0.745. The Morgan fingerprint density at radius 3 is 2.23 bits per heavy atom. The Bertz CT molecular complexity index is 307. The van der Waals surface area contributed by atoms with Gasteiger partial charge in [-0.1, -0.05) is 12.1 Å². The predicted molar refractivity (Wildman–Crippen MR) is 53.6 cm³/mol. The van der Waals surface area contributed by atoms with Crippen molar-refractivity contribution in [3.8, 4) is 0 Å². The van der Waals surface area contributed by atoms with Crippen molar-refractivity contribution in [1.29, 1.82) is 0 Å². The lowest BCUT2D eigenvalue weighted by Gasteiger charge is -2.12. The second kappa shape index (κ2) is 3.88. The fourth-order valence-electron chi connectivity index (χ4n) is 1.45. The van der Waals surface area contributed by atoms with Crippen LogP contribution in [0.15, 0.2) is 12.1 Å². The highest BCUT2D eigenvalue weighted by molar-refractivity contribution is 5.37. The molecule has 72 valence electrons. The Balaban J connectivity index is 3.15. The first-order chi connectivity index (χ1) is 6.06. The summed E-state index contributed by atoms with van der Waals surface area (Å²) >= 11 is 0. The summed E-state index contributed by atoms with van der Waals surface area (Å²) in [7, 11) is 0. The zero-order chi connectivity index (χ0) is 10.0. The number of nitrogens with two attached hydrogens (primary N) is 1. The molecule has 13 heavy (non-hydrogen) atoms. The molecule has 0 fully saturated rings. The number of halogens is 1. The van der Waals surface area contributed by atoms with Gasteiger partial charge in [-0.15, -0.1) is 0 Å². The predicted octanol–water partition coefficient (Wildman–Crippen LogP) is 2.58. The maximum Gasteiger partial charge on any atom is 0.138 e. The molecular formula is C11H16FN. The Kier molecular flexibility index (Phi) is 3.04. The van der Waals surface area contributed by atoms with Crippen LogP contribution < -0.4 is 5.73 Å². The molecule has 0 aromatic heterocycles. The van der Waals surface area contributed by atoms with Crippen molar-refractivity contribution in [2.75, 3.05) is 6.54 Å². The van der Waals surface area contributed by atoms with Gasteiger partial charge in [0.25, 0.3) is 0 Å². The van der Waals surface area contributed by atoms with Gasteiger partial charge in [-0.3, -0.25) is 0 Å². The van der Waals surface area contributed by atoms with E-state index in [2.05, 4.69) is 0 Å². The summed E-state index contributed by atoms with van der Waals surface area (Å²) in [6, 6.07) is 3.90. The highest BCUT2D eigenvalue weighted by Gasteiger charge is 2.11. The number of hydrogen-bond donors (Lipinski definition) is 1. The molecule has 1 rings (SSSR count). The maximum absolute atomic E-state index is 13.3. The fraction of sp³-hybridized carbons (Fsp3) is 0.455. The van der Waals surface area contributed by atoms with Crippen molar-refractivity contribution in [1.82, 2.24) is 0 Å². The summed E-state index contributed by atoms with van der Waals surface area (Å²) in [6.07, 6.45) is -1.03. The van der Waals surface area contributed by atoms with Crippen LogP contribution >= 0.6 is 0 Å². The highest BCUT2D eigenvalue weighted by Crippen LogP contribution is 2.23. The topological polar surface area (TPSA) is 26.0 Å². The Labute approximate surface area is 78.8 Å². The molecule has 0 radical (unpaired) electrons. The van der Waals surface area contributed by atoms with Crippen molar-refractivity contribution in [2.24, 2.45) is 5.73 Å². The van der Waals surface area contributed by atoms with Gasteiger partial charge in [-0.2, -0.15) is 0 Å². The van der Waals surface area contributed by atoms with E-state index in [0.29, 0.717) is 0 Å². The fourth-order valence-corrected chi connectivity index (χ4v) is 1.45. The van der Waals surface area contributed by atoms with Crippen LogP contribution in [-0.4, -0.2) is 6.54 Å². The number of alkyl halides is 1.